The maximum Gasteiger partial charge on any atom is 0.229 e. The lowest BCUT2D eigenvalue weighted by Gasteiger charge is -2.36. The van der Waals surface area contributed by atoms with Crippen LogP contribution < -0.4 is 9.80 Å². The van der Waals surface area contributed by atoms with Gasteiger partial charge in [-0.15, -0.1) is 16.4 Å². The summed E-state index contributed by atoms with van der Waals surface area (Å²) in [7, 11) is -3.92. The van der Waals surface area contributed by atoms with Crippen molar-refractivity contribution < 1.29 is 12.8 Å². The van der Waals surface area contributed by atoms with E-state index in [0.29, 0.717) is 19.0 Å². The van der Waals surface area contributed by atoms with E-state index in [9.17, 15) is 12.8 Å². The zero-order valence-corrected chi connectivity index (χ0v) is 22.0. The molecule has 6 rings (SSSR count). The zero-order chi connectivity index (χ0) is 25.7. The minimum absolute atomic E-state index is 0.149. The van der Waals surface area contributed by atoms with Crippen LogP contribution in [0.4, 0.5) is 15.9 Å². The summed E-state index contributed by atoms with van der Waals surface area (Å²) in [5.41, 5.74) is 3.03. The number of fused-ring (bicyclic) bond motifs is 3. The molecule has 1 saturated heterocycles. The molecule has 0 unspecified atom stereocenters. The first-order valence-electron chi connectivity index (χ1n) is 12.1. The molecule has 0 atom stereocenters. The lowest BCUT2D eigenvalue weighted by atomic mass is 10.0. The summed E-state index contributed by atoms with van der Waals surface area (Å²) in [4.78, 5) is 9.37. The van der Waals surface area contributed by atoms with Gasteiger partial charge in [0.25, 0.3) is 0 Å². The number of hydrogen-bond donors (Lipinski definition) is 0. The maximum absolute atomic E-state index is 13.6. The molecule has 37 heavy (non-hydrogen) atoms. The highest BCUT2D eigenvalue weighted by atomic mass is 32.2. The summed E-state index contributed by atoms with van der Waals surface area (Å²) in [5.74, 6) is 0.771. The van der Waals surface area contributed by atoms with Crippen LogP contribution in [-0.2, 0) is 9.84 Å². The molecular weight excluding hydrogens is 511 g/mol. The molecule has 0 N–H and O–H groups in total. The molecule has 4 heterocycles. The van der Waals surface area contributed by atoms with E-state index in [2.05, 4.69) is 34.0 Å². The van der Waals surface area contributed by atoms with Gasteiger partial charge in [0, 0.05) is 31.9 Å². The first-order chi connectivity index (χ1) is 17.8. The Balaban J connectivity index is 1.37. The third kappa shape index (κ3) is 4.11. The van der Waals surface area contributed by atoms with E-state index in [1.54, 1.807) is 35.6 Å². The van der Waals surface area contributed by atoms with Gasteiger partial charge in [-0.3, -0.25) is 0 Å². The molecule has 0 amide bonds. The van der Waals surface area contributed by atoms with Crippen LogP contribution in [0.15, 0.2) is 69.9 Å². The van der Waals surface area contributed by atoms with Crippen molar-refractivity contribution in [3.05, 3.63) is 71.4 Å². The van der Waals surface area contributed by atoms with Crippen molar-refractivity contribution in [1.82, 2.24) is 19.8 Å². The molecule has 0 spiro atoms. The smallest absolute Gasteiger partial charge is 0.229 e. The van der Waals surface area contributed by atoms with Crippen LogP contribution in [0, 0.1) is 5.82 Å². The summed E-state index contributed by atoms with van der Waals surface area (Å²) in [6.45, 7) is 6.97. The summed E-state index contributed by atoms with van der Waals surface area (Å²) in [6.07, 6.45) is 0. The third-order valence-electron chi connectivity index (χ3n) is 6.79. The lowest BCUT2D eigenvalue weighted by Crippen LogP contribution is -2.46. The zero-order valence-electron chi connectivity index (χ0n) is 20.4. The number of nitrogens with zero attached hydrogens (tertiary/aromatic N) is 6. The summed E-state index contributed by atoms with van der Waals surface area (Å²) in [6, 6.07) is 15.3. The van der Waals surface area contributed by atoms with Crippen molar-refractivity contribution in [2.24, 2.45) is 0 Å². The van der Waals surface area contributed by atoms with Gasteiger partial charge in [0.2, 0.25) is 14.9 Å². The summed E-state index contributed by atoms with van der Waals surface area (Å²) < 4.78 is 42.9. The van der Waals surface area contributed by atoms with E-state index in [1.165, 1.54) is 16.6 Å². The SMILES string of the molecule is CC(C)c1ccc(S(=O)(=O)c2nnn3c2nc(N2CCN(c4ccc(F)cc4)CC2)c2sccc23)cc1. The number of piperazine rings is 1. The van der Waals surface area contributed by atoms with Crippen LogP contribution in [0.25, 0.3) is 15.9 Å². The second-order valence-corrected chi connectivity index (χ2v) is 12.2. The molecule has 1 fully saturated rings. The van der Waals surface area contributed by atoms with Crippen LogP contribution >= 0.6 is 11.3 Å². The first-order valence-corrected chi connectivity index (χ1v) is 14.4. The fourth-order valence-corrected chi connectivity index (χ4v) is 6.79. The molecular formula is C26H25FN6O2S2. The number of anilines is 2. The summed E-state index contributed by atoms with van der Waals surface area (Å²) >= 11 is 1.54. The largest absolute Gasteiger partial charge is 0.368 e. The third-order valence-corrected chi connectivity index (χ3v) is 9.35. The number of thiophene rings is 1. The Bertz CT molecular complexity index is 1690. The van der Waals surface area contributed by atoms with Gasteiger partial charge in [-0.1, -0.05) is 31.2 Å². The fourth-order valence-electron chi connectivity index (χ4n) is 4.67. The Morgan fingerprint density at radius 2 is 1.59 bits per heavy atom. The number of benzene rings is 2. The van der Waals surface area contributed by atoms with E-state index in [0.717, 1.165) is 40.4 Å². The molecule has 190 valence electrons. The van der Waals surface area contributed by atoms with Gasteiger partial charge in [-0.2, -0.15) is 4.52 Å². The first kappa shape index (κ1) is 23.8. The normalized spacial score (nSPS) is 14.8. The van der Waals surface area contributed by atoms with Gasteiger partial charge in [-0.25, -0.2) is 17.8 Å². The van der Waals surface area contributed by atoms with E-state index in [-0.39, 0.29) is 21.4 Å². The van der Waals surface area contributed by atoms with Gasteiger partial charge >= 0.3 is 0 Å². The summed E-state index contributed by atoms with van der Waals surface area (Å²) in [5, 5.41) is 10.1. The molecule has 1 aliphatic heterocycles. The molecule has 0 radical (unpaired) electrons. The second-order valence-electron chi connectivity index (χ2n) is 9.38. The highest BCUT2D eigenvalue weighted by Gasteiger charge is 2.29. The van der Waals surface area contributed by atoms with E-state index in [4.69, 9.17) is 4.98 Å². The number of sulfone groups is 1. The molecule has 3 aromatic heterocycles. The maximum atomic E-state index is 13.6. The topological polar surface area (TPSA) is 83.7 Å². The molecule has 0 aliphatic carbocycles. The molecule has 5 aromatic rings. The van der Waals surface area contributed by atoms with Gasteiger partial charge in [0.1, 0.15) is 5.82 Å². The van der Waals surface area contributed by atoms with E-state index in [1.807, 2.05) is 23.6 Å². The number of halogens is 1. The molecule has 0 bridgehead atoms. The van der Waals surface area contributed by atoms with Crippen LogP contribution in [0.1, 0.15) is 25.3 Å². The molecule has 0 saturated carbocycles. The van der Waals surface area contributed by atoms with Crippen molar-refractivity contribution in [3.63, 3.8) is 0 Å². The van der Waals surface area contributed by atoms with Gasteiger partial charge in [0.15, 0.2) is 11.5 Å². The average molecular weight is 537 g/mol. The van der Waals surface area contributed by atoms with Crippen molar-refractivity contribution in [2.45, 2.75) is 29.7 Å². The average Bonchev–Trinajstić information content (AvgIpc) is 3.56. The Morgan fingerprint density at radius 1 is 0.919 bits per heavy atom. The number of aromatic nitrogens is 4. The quantitative estimate of drug-likeness (QED) is 0.320. The Morgan fingerprint density at radius 3 is 2.27 bits per heavy atom. The highest BCUT2D eigenvalue weighted by molar-refractivity contribution is 7.91. The number of rotatable bonds is 5. The Hall–Kier alpha value is -3.57. The van der Waals surface area contributed by atoms with Gasteiger partial charge < -0.3 is 9.80 Å². The standard InChI is InChI=1S/C26H25FN6O2S2/c1-17(2)18-3-9-21(10-4-18)37(34,35)26-25-28-24(23-22(11-16-36-23)33(25)30-29-26)32-14-12-31(13-15-32)20-7-5-19(27)6-8-20/h3-11,16-17H,12-15H2,1-2H3. The van der Waals surface area contributed by atoms with Crippen LogP contribution in [0.5, 0.6) is 0 Å². The van der Waals surface area contributed by atoms with Crippen LogP contribution in [0.2, 0.25) is 0 Å². The van der Waals surface area contributed by atoms with E-state index >= 15 is 0 Å². The van der Waals surface area contributed by atoms with Crippen molar-refractivity contribution in [1.29, 1.82) is 0 Å². The van der Waals surface area contributed by atoms with Gasteiger partial charge in [-0.05, 0) is 59.3 Å². The Kier molecular flexibility index (Phi) is 5.84. The minimum atomic E-state index is -3.92. The van der Waals surface area contributed by atoms with Crippen LogP contribution in [-0.4, -0.2) is 54.4 Å². The van der Waals surface area contributed by atoms with Crippen LogP contribution in [0.3, 0.4) is 0 Å². The monoisotopic (exact) mass is 536 g/mol. The predicted molar refractivity (Wildman–Crippen MR) is 143 cm³/mol. The lowest BCUT2D eigenvalue weighted by molar-refractivity contribution is 0.592. The highest BCUT2D eigenvalue weighted by Crippen LogP contribution is 2.34. The fraction of sp³-hybridized carbons (Fsp3) is 0.269. The van der Waals surface area contributed by atoms with Gasteiger partial charge in [0.05, 0.1) is 15.1 Å². The molecule has 11 heteroatoms. The second kappa shape index (κ2) is 9.07. The Labute approximate surface area is 217 Å². The van der Waals surface area contributed by atoms with Crippen molar-refractivity contribution >= 4 is 48.5 Å². The van der Waals surface area contributed by atoms with Crippen molar-refractivity contribution in [2.75, 3.05) is 36.0 Å². The predicted octanol–water partition coefficient (Wildman–Crippen LogP) is 4.76. The minimum Gasteiger partial charge on any atom is -0.368 e. The molecule has 8 nitrogen and oxygen atoms in total. The molecule has 2 aromatic carbocycles. The number of hydrogen-bond acceptors (Lipinski definition) is 8. The van der Waals surface area contributed by atoms with E-state index < -0.39 is 9.84 Å². The molecule has 1 aliphatic rings. The van der Waals surface area contributed by atoms with Crippen molar-refractivity contribution in [3.8, 4) is 0 Å².